The minimum Gasteiger partial charge on any atom is -0.383 e. The van der Waals surface area contributed by atoms with E-state index in [0.29, 0.717) is 32.1 Å². The number of urea groups is 1. The topological polar surface area (TPSA) is 65.1 Å². The summed E-state index contributed by atoms with van der Waals surface area (Å²) in [7, 11) is 1.73. The summed E-state index contributed by atoms with van der Waals surface area (Å²) < 4.78 is 5.31. The predicted octanol–water partition coefficient (Wildman–Crippen LogP) is 2.18. The number of methoxy groups -OCH3 is 1. The molecule has 170 valence electrons. The van der Waals surface area contributed by atoms with Gasteiger partial charge in [-0.25, -0.2) is 4.79 Å². The molecule has 0 aliphatic carbocycles. The quantitative estimate of drug-likeness (QED) is 0.754. The number of piperidine rings is 1. The molecular weight excluding hydrogens is 392 g/mol. The van der Waals surface area contributed by atoms with Crippen LogP contribution in [0.15, 0.2) is 30.3 Å². The van der Waals surface area contributed by atoms with Crippen LogP contribution in [0, 0.1) is 10.8 Å². The second-order valence-corrected chi connectivity index (χ2v) is 9.33. The molecule has 4 rings (SSSR count). The molecule has 2 spiro atoms. The van der Waals surface area contributed by atoms with Crippen LogP contribution in [-0.4, -0.2) is 86.2 Å². The lowest BCUT2D eigenvalue weighted by Crippen LogP contribution is -2.54. The number of likely N-dealkylation sites (tertiary alicyclic amines) is 3. The number of nitrogens with one attached hydrogen (secondary N) is 1. The van der Waals surface area contributed by atoms with Crippen LogP contribution in [0.2, 0.25) is 0 Å². The van der Waals surface area contributed by atoms with Gasteiger partial charge < -0.3 is 19.9 Å². The lowest BCUT2D eigenvalue weighted by molar-refractivity contribution is -0.141. The molecule has 1 atom stereocenters. The van der Waals surface area contributed by atoms with Crippen molar-refractivity contribution in [1.29, 1.82) is 0 Å². The number of nitrogens with zero attached hydrogens (tertiary/aromatic N) is 3. The Balaban J connectivity index is 1.43. The van der Waals surface area contributed by atoms with E-state index in [0.717, 1.165) is 57.5 Å². The van der Waals surface area contributed by atoms with Crippen molar-refractivity contribution in [3.05, 3.63) is 35.9 Å². The normalized spacial score (nSPS) is 25.7. The number of hydrogen-bond acceptors (Lipinski definition) is 4. The fraction of sp³-hybridized carbons (Fsp3) is 0.667. The number of fused-ring (bicyclic) bond motifs is 1. The molecule has 1 aromatic carbocycles. The number of amides is 3. The average Bonchev–Trinajstić information content (AvgIpc) is 3.29. The summed E-state index contributed by atoms with van der Waals surface area (Å²) in [5.74, 6) is 0.330. The maximum absolute atomic E-state index is 13.5. The number of carbonyl (C=O) groups is 2. The van der Waals surface area contributed by atoms with Gasteiger partial charge in [0.25, 0.3) is 0 Å². The molecule has 3 saturated heterocycles. The van der Waals surface area contributed by atoms with E-state index in [2.05, 4.69) is 17.1 Å². The Hall–Kier alpha value is -2.12. The van der Waals surface area contributed by atoms with Gasteiger partial charge in [-0.2, -0.15) is 0 Å². The third kappa shape index (κ3) is 4.05. The van der Waals surface area contributed by atoms with E-state index in [1.807, 2.05) is 40.1 Å². The molecule has 7 heteroatoms. The predicted molar refractivity (Wildman–Crippen MR) is 120 cm³/mol. The van der Waals surface area contributed by atoms with Crippen molar-refractivity contribution < 1.29 is 14.3 Å². The fourth-order valence-electron chi connectivity index (χ4n) is 6.00. The average molecular weight is 429 g/mol. The molecule has 1 unspecified atom stereocenters. The molecule has 3 aliphatic heterocycles. The van der Waals surface area contributed by atoms with Crippen molar-refractivity contribution in [1.82, 2.24) is 20.0 Å². The second-order valence-electron chi connectivity index (χ2n) is 9.33. The number of benzene rings is 1. The Kier molecular flexibility index (Phi) is 6.53. The molecule has 3 fully saturated rings. The molecule has 0 radical (unpaired) electrons. The standard InChI is InChI=1S/C24H36N4O3/c1-3-27-14-11-24(21(27)29)19-26(15-16-31-2)18-23(24)9-12-28(13-10-23)22(30)25-17-20-7-5-4-6-8-20/h4-8H,3,9-19H2,1-2H3,(H,25,30). The van der Waals surface area contributed by atoms with E-state index in [1.54, 1.807) is 7.11 Å². The van der Waals surface area contributed by atoms with Crippen LogP contribution in [0.5, 0.6) is 0 Å². The SMILES string of the molecule is CCN1CCC2(CN(CCOC)CC23CCN(C(=O)NCc2ccccc2)CC3)C1=O. The van der Waals surface area contributed by atoms with Crippen LogP contribution < -0.4 is 5.32 Å². The summed E-state index contributed by atoms with van der Waals surface area (Å²) in [6.07, 6.45) is 2.71. The number of ether oxygens (including phenoxy) is 1. The van der Waals surface area contributed by atoms with E-state index in [9.17, 15) is 9.59 Å². The molecular formula is C24H36N4O3. The van der Waals surface area contributed by atoms with Gasteiger partial charge in [0.05, 0.1) is 12.0 Å². The highest BCUT2D eigenvalue weighted by Gasteiger charge is 2.64. The van der Waals surface area contributed by atoms with Gasteiger partial charge in [-0.05, 0) is 31.7 Å². The fourth-order valence-corrected chi connectivity index (χ4v) is 6.00. The Morgan fingerprint density at radius 1 is 1.10 bits per heavy atom. The Morgan fingerprint density at radius 2 is 1.84 bits per heavy atom. The van der Waals surface area contributed by atoms with Crippen molar-refractivity contribution in [3.63, 3.8) is 0 Å². The van der Waals surface area contributed by atoms with Crippen LogP contribution in [0.3, 0.4) is 0 Å². The van der Waals surface area contributed by atoms with E-state index in [4.69, 9.17) is 4.74 Å². The van der Waals surface area contributed by atoms with Crippen molar-refractivity contribution in [2.45, 2.75) is 32.7 Å². The first kappa shape index (κ1) is 22.1. The van der Waals surface area contributed by atoms with E-state index in [-0.39, 0.29) is 16.9 Å². The van der Waals surface area contributed by atoms with Crippen LogP contribution in [0.1, 0.15) is 31.7 Å². The lowest BCUT2D eigenvalue weighted by Gasteiger charge is -2.47. The van der Waals surface area contributed by atoms with Gasteiger partial charge in [0.2, 0.25) is 5.91 Å². The van der Waals surface area contributed by atoms with E-state index >= 15 is 0 Å². The van der Waals surface area contributed by atoms with Crippen molar-refractivity contribution in [2.75, 3.05) is 59.5 Å². The zero-order valence-electron chi connectivity index (χ0n) is 18.9. The van der Waals surface area contributed by atoms with Crippen LogP contribution in [0.25, 0.3) is 0 Å². The van der Waals surface area contributed by atoms with Crippen LogP contribution in [0.4, 0.5) is 4.79 Å². The van der Waals surface area contributed by atoms with Crippen LogP contribution >= 0.6 is 0 Å². The smallest absolute Gasteiger partial charge is 0.317 e. The lowest BCUT2D eigenvalue weighted by atomic mass is 9.60. The molecule has 31 heavy (non-hydrogen) atoms. The summed E-state index contributed by atoms with van der Waals surface area (Å²) in [5, 5.41) is 3.06. The summed E-state index contributed by atoms with van der Waals surface area (Å²) in [6.45, 7) is 8.97. The van der Waals surface area contributed by atoms with Gasteiger partial charge in [0, 0.05) is 64.9 Å². The third-order valence-corrected chi connectivity index (χ3v) is 7.83. The largest absolute Gasteiger partial charge is 0.383 e. The van der Waals surface area contributed by atoms with E-state index < -0.39 is 0 Å². The first-order valence-electron chi connectivity index (χ1n) is 11.6. The molecule has 1 aromatic rings. The summed E-state index contributed by atoms with van der Waals surface area (Å²) in [4.78, 5) is 32.6. The van der Waals surface area contributed by atoms with Crippen molar-refractivity contribution >= 4 is 11.9 Å². The molecule has 7 nitrogen and oxygen atoms in total. The van der Waals surface area contributed by atoms with Gasteiger partial charge in [-0.3, -0.25) is 9.69 Å². The monoisotopic (exact) mass is 428 g/mol. The molecule has 3 heterocycles. The summed E-state index contributed by atoms with van der Waals surface area (Å²) in [5.41, 5.74) is 0.755. The molecule has 3 amide bonds. The molecule has 0 aromatic heterocycles. The molecule has 3 aliphatic rings. The van der Waals surface area contributed by atoms with Gasteiger partial charge >= 0.3 is 6.03 Å². The van der Waals surface area contributed by atoms with Gasteiger partial charge in [0.1, 0.15) is 0 Å². The van der Waals surface area contributed by atoms with Gasteiger partial charge in [0.15, 0.2) is 0 Å². The minimum absolute atomic E-state index is 0.00470. The Labute approximate surface area is 185 Å². The maximum atomic E-state index is 13.5. The first-order valence-corrected chi connectivity index (χ1v) is 11.6. The maximum Gasteiger partial charge on any atom is 0.317 e. The van der Waals surface area contributed by atoms with Gasteiger partial charge in [-0.1, -0.05) is 30.3 Å². The zero-order valence-corrected chi connectivity index (χ0v) is 18.9. The second kappa shape index (κ2) is 9.17. The zero-order chi connectivity index (χ0) is 21.9. The van der Waals surface area contributed by atoms with Crippen LogP contribution in [-0.2, 0) is 16.1 Å². The third-order valence-electron chi connectivity index (χ3n) is 7.83. The molecule has 0 saturated carbocycles. The number of rotatable bonds is 6. The Morgan fingerprint density at radius 3 is 2.48 bits per heavy atom. The Bertz CT molecular complexity index is 778. The van der Waals surface area contributed by atoms with E-state index in [1.165, 1.54) is 0 Å². The van der Waals surface area contributed by atoms with Crippen molar-refractivity contribution in [3.8, 4) is 0 Å². The highest BCUT2D eigenvalue weighted by Crippen LogP contribution is 2.57. The number of hydrogen-bond donors (Lipinski definition) is 1. The van der Waals surface area contributed by atoms with Gasteiger partial charge in [-0.15, -0.1) is 0 Å². The highest BCUT2D eigenvalue weighted by molar-refractivity contribution is 5.87. The minimum atomic E-state index is -0.302. The molecule has 0 bridgehead atoms. The summed E-state index contributed by atoms with van der Waals surface area (Å²) in [6, 6.07) is 9.99. The molecule has 1 N–H and O–H groups in total. The van der Waals surface area contributed by atoms with Crippen molar-refractivity contribution in [2.24, 2.45) is 10.8 Å². The highest BCUT2D eigenvalue weighted by atomic mass is 16.5. The number of carbonyl (C=O) groups excluding carboxylic acids is 2. The first-order chi connectivity index (χ1) is 15.0. The summed E-state index contributed by atoms with van der Waals surface area (Å²) >= 11 is 0.